The third kappa shape index (κ3) is 3.18. The van der Waals surface area contributed by atoms with Crippen LogP contribution in [0.2, 0.25) is 0 Å². The topological polar surface area (TPSA) is 54.0 Å². The van der Waals surface area contributed by atoms with Gasteiger partial charge in [0.25, 0.3) is 0 Å². The summed E-state index contributed by atoms with van der Waals surface area (Å²) in [5, 5.41) is 13.9. The lowest BCUT2D eigenvalue weighted by atomic mass is 9.78. The molecule has 23 heavy (non-hydrogen) atoms. The van der Waals surface area contributed by atoms with E-state index in [0.717, 1.165) is 63.7 Å². The van der Waals surface area contributed by atoms with Gasteiger partial charge in [0.05, 0.1) is 25.0 Å². The van der Waals surface area contributed by atoms with Crippen LogP contribution in [0, 0.1) is 11.8 Å². The van der Waals surface area contributed by atoms with Crippen LogP contribution in [0.1, 0.15) is 12.8 Å². The van der Waals surface area contributed by atoms with Gasteiger partial charge in [-0.15, -0.1) is 0 Å². The standard InChI is InChI=1S/C18H26N2O3/c21-16-9-13-11-19-12-14(13)10-18(16)23-17-4-2-1-3-15(17)20-5-7-22-8-6-20/h1-4,13-14,16,18-19,21H,5-12H2/t13-,14+,16+,18+/m0/s1. The van der Waals surface area contributed by atoms with Gasteiger partial charge in [0.15, 0.2) is 0 Å². The van der Waals surface area contributed by atoms with Gasteiger partial charge in [0.1, 0.15) is 11.9 Å². The fourth-order valence-electron chi connectivity index (χ4n) is 4.17. The van der Waals surface area contributed by atoms with Gasteiger partial charge in [-0.1, -0.05) is 12.1 Å². The van der Waals surface area contributed by atoms with Crippen molar-refractivity contribution >= 4 is 5.69 Å². The number of anilines is 1. The summed E-state index contributed by atoms with van der Waals surface area (Å²) in [4.78, 5) is 2.31. The van der Waals surface area contributed by atoms with Gasteiger partial charge >= 0.3 is 0 Å². The fraction of sp³-hybridized carbons (Fsp3) is 0.667. The molecular formula is C18H26N2O3. The number of aliphatic hydroxyl groups is 1. The minimum Gasteiger partial charge on any atom is -0.486 e. The van der Waals surface area contributed by atoms with Gasteiger partial charge < -0.3 is 24.8 Å². The van der Waals surface area contributed by atoms with E-state index in [-0.39, 0.29) is 12.2 Å². The second-order valence-corrected chi connectivity index (χ2v) is 6.94. The van der Waals surface area contributed by atoms with Crippen molar-refractivity contribution in [2.24, 2.45) is 11.8 Å². The van der Waals surface area contributed by atoms with Gasteiger partial charge in [-0.2, -0.15) is 0 Å². The Balaban J connectivity index is 1.49. The molecule has 1 aromatic carbocycles. The molecule has 0 unspecified atom stereocenters. The number of nitrogens with one attached hydrogen (secondary N) is 1. The largest absolute Gasteiger partial charge is 0.486 e. The molecule has 0 aromatic heterocycles. The van der Waals surface area contributed by atoms with Gasteiger partial charge in [-0.05, 0) is 49.9 Å². The first-order valence-corrected chi connectivity index (χ1v) is 8.78. The lowest BCUT2D eigenvalue weighted by Gasteiger charge is -2.37. The first-order valence-electron chi connectivity index (χ1n) is 8.78. The van der Waals surface area contributed by atoms with Gasteiger partial charge in [0.2, 0.25) is 0 Å². The summed E-state index contributed by atoms with van der Waals surface area (Å²) >= 11 is 0. The zero-order chi connectivity index (χ0) is 15.6. The van der Waals surface area contributed by atoms with E-state index in [1.807, 2.05) is 18.2 Å². The molecule has 2 heterocycles. The molecule has 5 nitrogen and oxygen atoms in total. The van der Waals surface area contributed by atoms with Crippen molar-refractivity contribution in [2.45, 2.75) is 25.0 Å². The number of nitrogens with zero attached hydrogens (tertiary/aromatic N) is 1. The Hall–Kier alpha value is -1.30. The maximum Gasteiger partial charge on any atom is 0.143 e. The zero-order valence-corrected chi connectivity index (χ0v) is 13.5. The van der Waals surface area contributed by atoms with Gasteiger partial charge in [-0.3, -0.25) is 0 Å². The van der Waals surface area contributed by atoms with E-state index >= 15 is 0 Å². The van der Waals surface area contributed by atoms with Crippen LogP contribution in [0.4, 0.5) is 5.69 Å². The van der Waals surface area contributed by atoms with Crippen LogP contribution in [0.5, 0.6) is 5.75 Å². The first-order chi connectivity index (χ1) is 11.3. The molecule has 5 heteroatoms. The van der Waals surface area contributed by atoms with Crippen molar-refractivity contribution in [2.75, 3.05) is 44.3 Å². The second kappa shape index (κ2) is 6.67. The molecule has 3 aliphatic rings. The molecule has 1 aromatic rings. The van der Waals surface area contributed by atoms with Gasteiger partial charge in [-0.25, -0.2) is 0 Å². The Kier molecular flexibility index (Phi) is 4.42. The van der Waals surface area contributed by atoms with Crippen LogP contribution in [0.25, 0.3) is 0 Å². The quantitative estimate of drug-likeness (QED) is 0.879. The molecule has 0 radical (unpaired) electrons. The Morgan fingerprint density at radius 1 is 1.09 bits per heavy atom. The van der Waals surface area contributed by atoms with Crippen molar-refractivity contribution in [3.63, 3.8) is 0 Å². The summed E-state index contributed by atoms with van der Waals surface area (Å²) in [6, 6.07) is 8.19. The predicted octanol–water partition coefficient (Wildman–Crippen LogP) is 1.26. The maximum atomic E-state index is 10.5. The Morgan fingerprint density at radius 3 is 2.65 bits per heavy atom. The predicted molar refractivity (Wildman–Crippen MR) is 89.0 cm³/mol. The summed E-state index contributed by atoms with van der Waals surface area (Å²) in [6.07, 6.45) is 1.32. The van der Waals surface area contributed by atoms with E-state index < -0.39 is 0 Å². The third-order valence-electron chi connectivity index (χ3n) is 5.48. The number of para-hydroxylation sites is 2. The SMILES string of the molecule is O[C@@H]1C[C@H]2CNC[C@H]2C[C@H]1Oc1ccccc1N1CCOCC1. The smallest absolute Gasteiger partial charge is 0.143 e. The molecule has 126 valence electrons. The van der Waals surface area contributed by atoms with Crippen LogP contribution in [-0.2, 0) is 4.74 Å². The average Bonchev–Trinajstić information content (AvgIpc) is 3.03. The number of rotatable bonds is 3. The molecule has 0 spiro atoms. The van der Waals surface area contributed by atoms with E-state index in [0.29, 0.717) is 11.8 Å². The van der Waals surface area contributed by atoms with Crippen LogP contribution < -0.4 is 15.0 Å². The minimum atomic E-state index is -0.367. The van der Waals surface area contributed by atoms with E-state index in [4.69, 9.17) is 9.47 Å². The number of aliphatic hydroxyl groups excluding tert-OH is 1. The normalized spacial score (nSPS) is 34.2. The molecule has 0 bridgehead atoms. The fourth-order valence-corrected chi connectivity index (χ4v) is 4.17. The van der Waals surface area contributed by atoms with E-state index in [9.17, 15) is 5.11 Å². The number of ether oxygens (including phenoxy) is 2. The molecule has 1 saturated carbocycles. The molecule has 2 N–H and O–H groups in total. The van der Waals surface area contributed by atoms with Crippen molar-refractivity contribution in [3.05, 3.63) is 24.3 Å². The van der Waals surface area contributed by atoms with Gasteiger partial charge in [0, 0.05) is 13.1 Å². The highest BCUT2D eigenvalue weighted by atomic mass is 16.5. The summed E-state index contributed by atoms with van der Waals surface area (Å²) < 4.78 is 11.7. The molecule has 0 amide bonds. The highest BCUT2D eigenvalue weighted by molar-refractivity contribution is 5.58. The maximum absolute atomic E-state index is 10.5. The molecule has 4 rings (SSSR count). The van der Waals surface area contributed by atoms with Crippen LogP contribution in [-0.4, -0.2) is 56.7 Å². The Labute approximate surface area is 137 Å². The lowest BCUT2D eigenvalue weighted by molar-refractivity contribution is -0.0230. The zero-order valence-electron chi connectivity index (χ0n) is 13.5. The average molecular weight is 318 g/mol. The molecule has 1 aliphatic carbocycles. The molecule has 2 saturated heterocycles. The van der Waals surface area contributed by atoms with Crippen molar-refractivity contribution < 1.29 is 14.6 Å². The summed E-state index contributed by atoms with van der Waals surface area (Å²) in [5.41, 5.74) is 1.12. The van der Waals surface area contributed by atoms with Crippen LogP contribution in [0.15, 0.2) is 24.3 Å². The summed E-state index contributed by atoms with van der Waals surface area (Å²) in [6.45, 7) is 5.40. The molecule has 4 atom stereocenters. The van der Waals surface area contributed by atoms with Crippen LogP contribution >= 0.6 is 0 Å². The van der Waals surface area contributed by atoms with Crippen LogP contribution in [0.3, 0.4) is 0 Å². The highest BCUT2D eigenvalue weighted by Crippen LogP contribution is 2.37. The first kappa shape index (κ1) is 15.2. The summed E-state index contributed by atoms with van der Waals surface area (Å²) in [7, 11) is 0. The van der Waals surface area contributed by atoms with E-state index in [1.165, 1.54) is 0 Å². The molecule has 2 aliphatic heterocycles. The van der Waals surface area contributed by atoms with Crippen molar-refractivity contribution in [1.29, 1.82) is 0 Å². The number of fused-ring (bicyclic) bond motifs is 1. The Morgan fingerprint density at radius 2 is 1.83 bits per heavy atom. The number of hydrogen-bond acceptors (Lipinski definition) is 5. The van der Waals surface area contributed by atoms with Crippen molar-refractivity contribution in [3.8, 4) is 5.75 Å². The summed E-state index contributed by atoms with van der Waals surface area (Å²) in [5.74, 6) is 2.14. The van der Waals surface area contributed by atoms with E-state index in [2.05, 4.69) is 16.3 Å². The molecule has 3 fully saturated rings. The number of morpholine rings is 1. The number of hydrogen-bond donors (Lipinski definition) is 2. The highest BCUT2D eigenvalue weighted by Gasteiger charge is 2.40. The van der Waals surface area contributed by atoms with E-state index in [1.54, 1.807) is 0 Å². The Bertz CT molecular complexity index is 533. The number of benzene rings is 1. The van der Waals surface area contributed by atoms with Crippen molar-refractivity contribution in [1.82, 2.24) is 5.32 Å². The monoisotopic (exact) mass is 318 g/mol. The molecular weight excluding hydrogens is 292 g/mol. The minimum absolute atomic E-state index is 0.0988. The second-order valence-electron chi connectivity index (χ2n) is 6.94. The third-order valence-corrected chi connectivity index (χ3v) is 5.48. The lowest BCUT2D eigenvalue weighted by Crippen LogP contribution is -2.42.